The SMILES string of the molecule is O=C1COc2ccccc2N1CCC(=O)N1CCO[C@@H]2CCCC[C@H]21. The van der Waals surface area contributed by atoms with Gasteiger partial charge in [0.1, 0.15) is 5.75 Å². The lowest BCUT2D eigenvalue weighted by Crippen LogP contribution is -2.55. The number of amides is 2. The molecule has 0 N–H and O–H groups in total. The van der Waals surface area contributed by atoms with Crippen LogP contribution in [0.4, 0.5) is 5.69 Å². The van der Waals surface area contributed by atoms with Gasteiger partial charge in [0.2, 0.25) is 5.91 Å². The highest BCUT2D eigenvalue weighted by molar-refractivity contribution is 5.98. The van der Waals surface area contributed by atoms with Crippen molar-refractivity contribution in [2.45, 2.75) is 44.2 Å². The Labute approximate surface area is 147 Å². The van der Waals surface area contributed by atoms with E-state index in [9.17, 15) is 9.59 Å². The molecule has 2 atom stereocenters. The minimum absolute atomic E-state index is 0.0352. The van der Waals surface area contributed by atoms with Crippen molar-refractivity contribution >= 4 is 17.5 Å². The van der Waals surface area contributed by atoms with Crippen LogP contribution in [0.15, 0.2) is 24.3 Å². The number of carbonyl (C=O) groups excluding carboxylic acids is 2. The average molecular weight is 344 g/mol. The molecule has 134 valence electrons. The minimum atomic E-state index is -0.0935. The number of para-hydroxylation sites is 2. The van der Waals surface area contributed by atoms with Crippen LogP contribution in [-0.4, -0.2) is 55.2 Å². The summed E-state index contributed by atoms with van der Waals surface area (Å²) in [6, 6.07) is 7.69. The van der Waals surface area contributed by atoms with Crippen molar-refractivity contribution in [3.8, 4) is 5.75 Å². The lowest BCUT2D eigenvalue weighted by Gasteiger charge is -2.44. The Bertz CT molecular complexity index is 661. The summed E-state index contributed by atoms with van der Waals surface area (Å²) in [7, 11) is 0. The molecule has 6 heteroatoms. The molecule has 0 unspecified atom stereocenters. The fraction of sp³-hybridized carbons (Fsp3) is 0.579. The van der Waals surface area contributed by atoms with Crippen LogP contribution < -0.4 is 9.64 Å². The van der Waals surface area contributed by atoms with Gasteiger partial charge in [0.15, 0.2) is 6.61 Å². The fourth-order valence-corrected chi connectivity index (χ4v) is 4.16. The van der Waals surface area contributed by atoms with Crippen molar-refractivity contribution in [2.24, 2.45) is 0 Å². The Balaban J connectivity index is 1.42. The van der Waals surface area contributed by atoms with Gasteiger partial charge in [-0.25, -0.2) is 0 Å². The van der Waals surface area contributed by atoms with Gasteiger partial charge in [0.05, 0.1) is 24.4 Å². The summed E-state index contributed by atoms with van der Waals surface area (Å²) >= 11 is 0. The molecule has 0 spiro atoms. The van der Waals surface area contributed by atoms with Crippen molar-refractivity contribution in [1.29, 1.82) is 0 Å². The lowest BCUT2D eigenvalue weighted by atomic mass is 9.90. The molecule has 1 aromatic carbocycles. The molecule has 2 amide bonds. The zero-order valence-corrected chi connectivity index (χ0v) is 14.4. The van der Waals surface area contributed by atoms with E-state index in [-0.39, 0.29) is 30.6 Å². The highest BCUT2D eigenvalue weighted by Gasteiger charge is 2.36. The number of hydrogen-bond acceptors (Lipinski definition) is 4. The Morgan fingerprint density at radius 2 is 2.04 bits per heavy atom. The van der Waals surface area contributed by atoms with Gasteiger partial charge in [0, 0.05) is 19.5 Å². The summed E-state index contributed by atoms with van der Waals surface area (Å²) in [6.45, 7) is 1.71. The Morgan fingerprint density at radius 1 is 1.20 bits per heavy atom. The third-order valence-electron chi connectivity index (χ3n) is 5.41. The summed E-state index contributed by atoms with van der Waals surface area (Å²) in [6.07, 6.45) is 4.94. The Hall–Kier alpha value is -2.08. The molecule has 3 aliphatic rings. The number of carbonyl (C=O) groups is 2. The van der Waals surface area contributed by atoms with Crippen LogP contribution in [0.5, 0.6) is 5.75 Å². The normalized spacial score (nSPS) is 25.8. The maximum absolute atomic E-state index is 12.8. The van der Waals surface area contributed by atoms with E-state index in [1.807, 2.05) is 29.2 Å². The summed E-state index contributed by atoms with van der Waals surface area (Å²) < 4.78 is 11.3. The molecule has 1 aliphatic carbocycles. The third kappa shape index (κ3) is 3.23. The molecular weight excluding hydrogens is 320 g/mol. The van der Waals surface area contributed by atoms with E-state index < -0.39 is 0 Å². The van der Waals surface area contributed by atoms with E-state index in [1.165, 1.54) is 6.42 Å². The van der Waals surface area contributed by atoms with Crippen LogP contribution in [0.2, 0.25) is 0 Å². The van der Waals surface area contributed by atoms with Crippen LogP contribution in [0.1, 0.15) is 32.1 Å². The van der Waals surface area contributed by atoms with Crippen molar-refractivity contribution in [1.82, 2.24) is 4.90 Å². The number of hydrogen-bond donors (Lipinski definition) is 0. The topological polar surface area (TPSA) is 59.1 Å². The van der Waals surface area contributed by atoms with E-state index in [1.54, 1.807) is 4.90 Å². The number of morpholine rings is 1. The van der Waals surface area contributed by atoms with E-state index in [0.29, 0.717) is 31.9 Å². The second kappa shape index (κ2) is 7.04. The highest BCUT2D eigenvalue weighted by Crippen LogP contribution is 2.32. The van der Waals surface area contributed by atoms with Crippen LogP contribution >= 0.6 is 0 Å². The number of fused-ring (bicyclic) bond motifs is 2. The van der Waals surface area contributed by atoms with Gasteiger partial charge < -0.3 is 19.3 Å². The molecule has 0 aromatic heterocycles. The molecule has 25 heavy (non-hydrogen) atoms. The zero-order chi connectivity index (χ0) is 17.2. The van der Waals surface area contributed by atoms with Gasteiger partial charge in [-0.15, -0.1) is 0 Å². The first-order valence-electron chi connectivity index (χ1n) is 9.17. The summed E-state index contributed by atoms with van der Waals surface area (Å²) in [5.74, 6) is 0.731. The van der Waals surface area contributed by atoms with Crippen LogP contribution in [-0.2, 0) is 14.3 Å². The fourth-order valence-electron chi connectivity index (χ4n) is 4.16. The van der Waals surface area contributed by atoms with Gasteiger partial charge in [-0.05, 0) is 25.0 Å². The molecule has 1 saturated heterocycles. The van der Waals surface area contributed by atoms with E-state index >= 15 is 0 Å². The first-order valence-corrected chi connectivity index (χ1v) is 9.17. The van der Waals surface area contributed by atoms with E-state index in [0.717, 1.165) is 24.9 Å². The second-order valence-electron chi connectivity index (χ2n) is 6.90. The number of nitrogens with zero attached hydrogens (tertiary/aromatic N) is 2. The number of anilines is 1. The lowest BCUT2D eigenvalue weighted by molar-refractivity contribution is -0.149. The van der Waals surface area contributed by atoms with Crippen molar-refractivity contribution < 1.29 is 19.1 Å². The second-order valence-corrected chi connectivity index (χ2v) is 6.90. The van der Waals surface area contributed by atoms with Gasteiger partial charge in [-0.2, -0.15) is 0 Å². The minimum Gasteiger partial charge on any atom is -0.482 e. The monoisotopic (exact) mass is 344 g/mol. The highest BCUT2D eigenvalue weighted by atomic mass is 16.5. The molecule has 0 radical (unpaired) electrons. The Kier molecular flexibility index (Phi) is 4.61. The molecular formula is C19H24N2O4. The third-order valence-corrected chi connectivity index (χ3v) is 5.41. The van der Waals surface area contributed by atoms with E-state index in [4.69, 9.17) is 9.47 Å². The summed E-state index contributed by atoms with van der Waals surface area (Å²) in [5.41, 5.74) is 0.754. The van der Waals surface area contributed by atoms with Crippen LogP contribution in [0.3, 0.4) is 0 Å². The average Bonchev–Trinajstić information content (AvgIpc) is 2.66. The zero-order valence-electron chi connectivity index (χ0n) is 14.4. The molecule has 2 heterocycles. The first kappa shape index (κ1) is 16.4. The van der Waals surface area contributed by atoms with Crippen LogP contribution in [0, 0.1) is 0 Å². The van der Waals surface area contributed by atoms with Crippen molar-refractivity contribution in [3.05, 3.63) is 24.3 Å². The summed E-state index contributed by atoms with van der Waals surface area (Å²) in [5, 5.41) is 0. The number of benzene rings is 1. The molecule has 1 saturated carbocycles. The van der Waals surface area contributed by atoms with Crippen molar-refractivity contribution in [3.63, 3.8) is 0 Å². The maximum atomic E-state index is 12.8. The van der Waals surface area contributed by atoms with Gasteiger partial charge in [-0.3, -0.25) is 9.59 Å². The molecule has 6 nitrogen and oxygen atoms in total. The largest absolute Gasteiger partial charge is 0.482 e. The smallest absolute Gasteiger partial charge is 0.265 e. The van der Waals surface area contributed by atoms with Gasteiger partial charge >= 0.3 is 0 Å². The maximum Gasteiger partial charge on any atom is 0.265 e. The summed E-state index contributed by atoms with van der Waals surface area (Å²) in [4.78, 5) is 28.7. The van der Waals surface area contributed by atoms with E-state index in [2.05, 4.69) is 0 Å². The first-order chi connectivity index (χ1) is 12.2. The van der Waals surface area contributed by atoms with Crippen LogP contribution in [0.25, 0.3) is 0 Å². The quantitative estimate of drug-likeness (QED) is 0.841. The van der Waals surface area contributed by atoms with Gasteiger partial charge in [0.25, 0.3) is 5.91 Å². The standard InChI is InChI=1S/C19H24N2O4/c22-18(21-11-12-24-16-7-3-1-5-14(16)21)9-10-20-15-6-2-4-8-17(15)25-13-19(20)23/h2,4,6,8,14,16H,1,3,5,7,9-13H2/t14-,16-/m1/s1. The number of rotatable bonds is 3. The predicted octanol–water partition coefficient (Wildman–Crippen LogP) is 1.97. The molecule has 1 aromatic rings. The molecule has 0 bridgehead atoms. The molecule has 2 aliphatic heterocycles. The predicted molar refractivity (Wildman–Crippen MR) is 92.6 cm³/mol. The van der Waals surface area contributed by atoms with Crippen molar-refractivity contribution in [2.75, 3.05) is 31.2 Å². The number of ether oxygens (including phenoxy) is 2. The molecule has 2 fully saturated rings. The van der Waals surface area contributed by atoms with Gasteiger partial charge in [-0.1, -0.05) is 25.0 Å². The Morgan fingerprint density at radius 3 is 2.96 bits per heavy atom. The molecule has 4 rings (SSSR count).